The zero-order valence-corrected chi connectivity index (χ0v) is 11.7. The summed E-state index contributed by atoms with van der Waals surface area (Å²) in [6, 6.07) is 11.9. The van der Waals surface area contributed by atoms with E-state index in [-0.39, 0.29) is 17.2 Å². The Kier molecular flexibility index (Phi) is 3.30. The normalized spacial score (nSPS) is 10.6. The van der Waals surface area contributed by atoms with E-state index in [2.05, 4.69) is 15.3 Å². The Morgan fingerprint density at radius 3 is 2.73 bits per heavy atom. The number of hydrogen-bond donors (Lipinski definition) is 2. The quantitative estimate of drug-likeness (QED) is 0.573. The number of nitrogens with one attached hydrogen (secondary N) is 2. The van der Waals surface area contributed by atoms with Crippen LogP contribution in [0.1, 0.15) is 15.9 Å². The van der Waals surface area contributed by atoms with Gasteiger partial charge in [0.2, 0.25) is 5.95 Å². The molecule has 0 saturated carbocycles. The topological polar surface area (TPSA) is 101 Å². The number of aromatic amines is 1. The van der Waals surface area contributed by atoms with Gasteiger partial charge in [0.05, 0.1) is 16.0 Å². The molecule has 2 N–H and O–H groups in total. The standard InChI is InChI=1S/C15H12N4O3/c1-9-5-4-6-10(13(9)19(21)22)14(20)18-15-16-11-7-2-3-8-12(11)17-15/h2-8H,1H3,(H2,16,17,18,20). The average molecular weight is 296 g/mol. The van der Waals surface area contributed by atoms with Crippen LogP contribution < -0.4 is 5.32 Å². The molecule has 0 aliphatic heterocycles. The second-order valence-electron chi connectivity index (χ2n) is 4.78. The van der Waals surface area contributed by atoms with E-state index in [1.54, 1.807) is 25.1 Å². The number of nitro benzene ring substituents is 1. The highest BCUT2D eigenvalue weighted by Gasteiger charge is 2.23. The number of imidazole rings is 1. The molecule has 0 radical (unpaired) electrons. The van der Waals surface area contributed by atoms with Gasteiger partial charge in [0.15, 0.2) is 0 Å². The molecule has 0 unspecified atom stereocenters. The second kappa shape index (κ2) is 5.28. The second-order valence-corrected chi connectivity index (χ2v) is 4.78. The molecule has 22 heavy (non-hydrogen) atoms. The van der Waals surface area contributed by atoms with Crippen molar-refractivity contribution in [3.63, 3.8) is 0 Å². The largest absolute Gasteiger partial charge is 0.324 e. The summed E-state index contributed by atoms with van der Waals surface area (Å²) in [5, 5.41) is 13.7. The van der Waals surface area contributed by atoms with Crippen LogP contribution in [0.4, 0.5) is 11.6 Å². The number of carbonyl (C=O) groups excluding carboxylic acids is 1. The summed E-state index contributed by atoms with van der Waals surface area (Å²) >= 11 is 0. The van der Waals surface area contributed by atoms with E-state index < -0.39 is 10.8 Å². The molecule has 0 spiro atoms. The van der Waals surface area contributed by atoms with Crippen LogP contribution in [-0.4, -0.2) is 20.8 Å². The summed E-state index contributed by atoms with van der Waals surface area (Å²) in [5.74, 6) is -0.323. The molecule has 3 rings (SSSR count). The number of amides is 1. The van der Waals surface area contributed by atoms with Gasteiger partial charge >= 0.3 is 0 Å². The molecule has 1 amide bonds. The third-order valence-electron chi connectivity index (χ3n) is 3.29. The molecule has 2 aromatic carbocycles. The zero-order valence-electron chi connectivity index (χ0n) is 11.7. The Balaban J connectivity index is 1.95. The van der Waals surface area contributed by atoms with Gasteiger partial charge in [0.25, 0.3) is 11.6 Å². The lowest BCUT2D eigenvalue weighted by Crippen LogP contribution is -2.15. The van der Waals surface area contributed by atoms with Crippen molar-refractivity contribution in [3.05, 3.63) is 63.7 Å². The van der Waals surface area contributed by atoms with Gasteiger partial charge in [0, 0.05) is 5.56 Å². The SMILES string of the molecule is Cc1cccc(C(=O)Nc2nc3ccccc3[nH]2)c1[N+](=O)[O-]. The molecule has 7 nitrogen and oxygen atoms in total. The van der Waals surface area contributed by atoms with Crippen LogP contribution in [0.2, 0.25) is 0 Å². The first-order valence-corrected chi connectivity index (χ1v) is 6.56. The summed E-state index contributed by atoms with van der Waals surface area (Å²) < 4.78 is 0. The van der Waals surface area contributed by atoms with Crippen molar-refractivity contribution in [2.24, 2.45) is 0 Å². The van der Waals surface area contributed by atoms with Crippen LogP contribution in [0.3, 0.4) is 0 Å². The third kappa shape index (κ3) is 2.39. The van der Waals surface area contributed by atoms with Gasteiger partial charge in [0.1, 0.15) is 5.56 Å². The van der Waals surface area contributed by atoms with Crippen molar-refractivity contribution in [1.82, 2.24) is 9.97 Å². The number of carbonyl (C=O) groups is 1. The van der Waals surface area contributed by atoms with Crippen molar-refractivity contribution < 1.29 is 9.72 Å². The van der Waals surface area contributed by atoms with Crippen LogP contribution in [-0.2, 0) is 0 Å². The fourth-order valence-corrected chi connectivity index (χ4v) is 2.27. The fourth-order valence-electron chi connectivity index (χ4n) is 2.27. The molecule has 0 aliphatic rings. The number of nitrogens with zero attached hydrogens (tertiary/aromatic N) is 2. The monoisotopic (exact) mass is 296 g/mol. The summed E-state index contributed by atoms with van der Waals surface area (Å²) in [7, 11) is 0. The lowest BCUT2D eigenvalue weighted by atomic mass is 10.1. The molecule has 0 atom stereocenters. The molecule has 3 aromatic rings. The average Bonchev–Trinajstić information content (AvgIpc) is 2.88. The van der Waals surface area contributed by atoms with Crippen LogP contribution in [0.15, 0.2) is 42.5 Å². The molecule has 0 fully saturated rings. The van der Waals surface area contributed by atoms with E-state index >= 15 is 0 Å². The number of aryl methyl sites for hydroxylation is 1. The molecule has 110 valence electrons. The number of anilines is 1. The first kappa shape index (κ1) is 13.7. The smallest absolute Gasteiger partial charge is 0.285 e. The molecule has 1 aromatic heterocycles. The van der Waals surface area contributed by atoms with Crippen LogP contribution in [0, 0.1) is 17.0 Å². The van der Waals surface area contributed by atoms with E-state index in [4.69, 9.17) is 0 Å². The van der Waals surface area contributed by atoms with E-state index in [0.717, 1.165) is 5.52 Å². The zero-order chi connectivity index (χ0) is 15.7. The van der Waals surface area contributed by atoms with Crippen LogP contribution >= 0.6 is 0 Å². The Morgan fingerprint density at radius 1 is 1.23 bits per heavy atom. The van der Waals surface area contributed by atoms with Gasteiger partial charge in [-0.3, -0.25) is 20.2 Å². The Bertz CT molecular complexity index is 852. The highest BCUT2D eigenvalue weighted by atomic mass is 16.6. The maximum absolute atomic E-state index is 12.3. The van der Waals surface area contributed by atoms with Gasteiger partial charge in [-0.2, -0.15) is 0 Å². The predicted octanol–water partition coefficient (Wildman–Crippen LogP) is 3.03. The van der Waals surface area contributed by atoms with E-state index in [1.165, 1.54) is 6.07 Å². The molecular weight excluding hydrogens is 284 g/mol. The number of aromatic nitrogens is 2. The van der Waals surface area contributed by atoms with Crippen LogP contribution in [0.25, 0.3) is 11.0 Å². The molecule has 7 heteroatoms. The Morgan fingerprint density at radius 2 is 2.00 bits per heavy atom. The number of nitro groups is 1. The maximum atomic E-state index is 12.3. The first-order valence-electron chi connectivity index (χ1n) is 6.56. The lowest BCUT2D eigenvalue weighted by molar-refractivity contribution is -0.385. The highest BCUT2D eigenvalue weighted by Crippen LogP contribution is 2.24. The Labute approximate surface area is 125 Å². The van der Waals surface area contributed by atoms with Gasteiger partial charge in [-0.05, 0) is 25.1 Å². The molecular formula is C15H12N4O3. The fraction of sp³-hybridized carbons (Fsp3) is 0.0667. The number of hydrogen-bond acceptors (Lipinski definition) is 4. The number of benzene rings is 2. The van der Waals surface area contributed by atoms with Crippen molar-refractivity contribution in [2.75, 3.05) is 5.32 Å². The van der Waals surface area contributed by atoms with Crippen molar-refractivity contribution in [1.29, 1.82) is 0 Å². The molecule has 0 saturated heterocycles. The highest BCUT2D eigenvalue weighted by molar-refractivity contribution is 6.07. The van der Waals surface area contributed by atoms with E-state index in [9.17, 15) is 14.9 Å². The molecule has 1 heterocycles. The van der Waals surface area contributed by atoms with E-state index in [0.29, 0.717) is 11.1 Å². The molecule has 0 aliphatic carbocycles. The van der Waals surface area contributed by atoms with Gasteiger partial charge in [-0.1, -0.05) is 24.3 Å². The molecule has 0 bridgehead atoms. The minimum absolute atomic E-state index is 0.00505. The minimum atomic E-state index is -0.575. The van der Waals surface area contributed by atoms with Crippen LogP contribution in [0.5, 0.6) is 0 Å². The van der Waals surface area contributed by atoms with E-state index in [1.807, 2.05) is 18.2 Å². The van der Waals surface area contributed by atoms with Gasteiger partial charge in [-0.25, -0.2) is 4.98 Å². The van der Waals surface area contributed by atoms with Gasteiger partial charge in [-0.15, -0.1) is 0 Å². The third-order valence-corrected chi connectivity index (χ3v) is 3.29. The Hall–Kier alpha value is -3.22. The maximum Gasteiger partial charge on any atom is 0.285 e. The first-order chi connectivity index (χ1) is 10.6. The summed E-state index contributed by atoms with van der Waals surface area (Å²) in [6.07, 6.45) is 0. The predicted molar refractivity (Wildman–Crippen MR) is 81.9 cm³/mol. The number of rotatable bonds is 3. The minimum Gasteiger partial charge on any atom is -0.324 e. The van der Waals surface area contributed by atoms with Crippen molar-refractivity contribution >= 4 is 28.6 Å². The number of H-pyrrole nitrogens is 1. The van der Waals surface area contributed by atoms with Gasteiger partial charge < -0.3 is 4.98 Å². The number of fused-ring (bicyclic) bond motifs is 1. The summed E-state index contributed by atoms with van der Waals surface area (Å²) in [6.45, 7) is 1.59. The lowest BCUT2D eigenvalue weighted by Gasteiger charge is -2.04. The number of para-hydroxylation sites is 3. The van der Waals surface area contributed by atoms with Crippen molar-refractivity contribution in [3.8, 4) is 0 Å². The van der Waals surface area contributed by atoms with Crippen molar-refractivity contribution in [2.45, 2.75) is 6.92 Å². The summed E-state index contributed by atoms with van der Waals surface area (Å²) in [5.41, 5.74) is 1.72. The summed E-state index contributed by atoms with van der Waals surface area (Å²) in [4.78, 5) is 30.0.